The molecule has 2 fully saturated rings. The summed E-state index contributed by atoms with van der Waals surface area (Å²) < 4.78 is 11.5. The van der Waals surface area contributed by atoms with Gasteiger partial charge in [0.25, 0.3) is 0 Å². The molecule has 6 atom stereocenters. The number of ketones is 2. The zero-order valence-corrected chi connectivity index (χ0v) is 28.7. The van der Waals surface area contributed by atoms with Gasteiger partial charge >= 0.3 is 11.9 Å². The van der Waals surface area contributed by atoms with Crippen molar-refractivity contribution in [2.75, 3.05) is 36.4 Å². The zero-order chi connectivity index (χ0) is 32.7. The highest BCUT2D eigenvalue weighted by Crippen LogP contribution is 2.68. The molecule has 2 saturated carbocycles. The number of ether oxygens (including phenoxy) is 2. The summed E-state index contributed by atoms with van der Waals surface area (Å²) in [5, 5.41) is 0.619. The number of anilines is 1. The third kappa shape index (κ3) is 5.87. The summed E-state index contributed by atoms with van der Waals surface area (Å²) in [6.45, 7) is 8.21. The minimum absolute atomic E-state index is 0.0650. The van der Waals surface area contributed by atoms with Crippen LogP contribution in [0.5, 0.6) is 0 Å². The van der Waals surface area contributed by atoms with E-state index in [4.69, 9.17) is 44.3 Å². The normalized spacial score (nSPS) is 32.0. The van der Waals surface area contributed by atoms with Crippen molar-refractivity contribution in [1.29, 1.82) is 0 Å². The summed E-state index contributed by atoms with van der Waals surface area (Å²) in [6, 6.07) is 5.18. The Morgan fingerprint density at radius 3 is 2.38 bits per heavy atom. The average molecular weight is 679 g/mol. The highest BCUT2D eigenvalue weighted by Gasteiger charge is 2.67. The molecule has 0 spiro atoms. The Hall–Kier alpha value is -2.35. The van der Waals surface area contributed by atoms with Crippen LogP contribution in [0.3, 0.4) is 0 Å². The fourth-order valence-electron chi connectivity index (χ4n) is 8.95. The molecule has 5 rings (SSSR count). The summed E-state index contributed by atoms with van der Waals surface area (Å²) in [4.78, 5) is 54.0. The molecule has 4 aliphatic rings. The van der Waals surface area contributed by atoms with Crippen molar-refractivity contribution in [2.45, 2.75) is 71.8 Å². The van der Waals surface area contributed by atoms with Gasteiger partial charge in [0, 0.05) is 47.4 Å². The summed E-state index contributed by atoms with van der Waals surface area (Å²) in [6.07, 6.45) is 7.68. The van der Waals surface area contributed by atoms with Crippen LogP contribution >= 0.6 is 34.8 Å². The number of rotatable bonds is 10. The third-order valence-electron chi connectivity index (χ3n) is 11.4. The van der Waals surface area contributed by atoms with E-state index >= 15 is 0 Å². The van der Waals surface area contributed by atoms with Crippen molar-refractivity contribution in [2.24, 2.45) is 28.6 Å². The van der Waals surface area contributed by atoms with Crippen LogP contribution in [0.4, 0.5) is 5.69 Å². The number of carbonyl (C=O) groups excluding carboxylic acids is 4. The molecular formula is C35H42Cl3NO6. The van der Waals surface area contributed by atoms with E-state index in [1.54, 1.807) is 18.2 Å². The molecule has 0 unspecified atom stereocenters. The number of benzene rings is 1. The number of hydrogen-bond donors (Lipinski definition) is 0. The summed E-state index contributed by atoms with van der Waals surface area (Å²) in [5.41, 5.74) is 0.840. The number of aryl methyl sites for hydroxylation is 1. The molecule has 10 heteroatoms. The standard InChI is InChI=1S/C35H42Cl3NO6/c1-21-5-6-23(17-30(21)39(15-13-36)16-14-37)32(43)44-20-31(42)45-35(22(2)40)12-9-27-25-19-29(38)28-18-24(41)7-10-33(28,3)26(25)8-11-34(27,35)4/h5-6,17-19,25-27H,7-16,20H2,1-4H3/t25-,26+,27+,33-,34+,35+/m1/s1. The number of nitrogens with zero attached hydrogens (tertiary/aromatic N) is 1. The first-order valence-electron chi connectivity index (χ1n) is 15.8. The van der Waals surface area contributed by atoms with Crippen LogP contribution in [0.25, 0.3) is 0 Å². The SMILES string of the molecule is CC(=O)[C@@]1(OC(=O)COC(=O)c2ccc(C)c(N(CCCl)CCCl)c2)CC[C@H]2[C@@H]3C=C(Cl)C4=CC(=O)CC[C@]4(C)[C@H]3CC[C@@]21C. The number of hydrogen-bond acceptors (Lipinski definition) is 7. The van der Waals surface area contributed by atoms with Crippen LogP contribution < -0.4 is 4.90 Å². The van der Waals surface area contributed by atoms with Crippen molar-refractivity contribution in [3.63, 3.8) is 0 Å². The van der Waals surface area contributed by atoms with Gasteiger partial charge in [0.2, 0.25) is 0 Å². The van der Waals surface area contributed by atoms with E-state index in [1.807, 2.05) is 17.9 Å². The van der Waals surface area contributed by atoms with E-state index in [0.717, 1.165) is 29.7 Å². The van der Waals surface area contributed by atoms with E-state index in [1.165, 1.54) is 6.92 Å². The van der Waals surface area contributed by atoms with E-state index in [2.05, 4.69) is 19.9 Å². The number of carbonyl (C=O) groups is 4. The first-order valence-corrected chi connectivity index (χ1v) is 17.3. The van der Waals surface area contributed by atoms with Gasteiger partial charge in [-0.3, -0.25) is 9.59 Å². The second-order valence-electron chi connectivity index (χ2n) is 13.5. The van der Waals surface area contributed by atoms with E-state index < -0.39 is 29.6 Å². The second-order valence-corrected chi connectivity index (χ2v) is 14.7. The molecule has 0 saturated heterocycles. The topological polar surface area (TPSA) is 90.0 Å². The van der Waals surface area contributed by atoms with Gasteiger partial charge in [-0.1, -0.05) is 37.6 Å². The minimum Gasteiger partial charge on any atom is -0.450 e. The van der Waals surface area contributed by atoms with Crippen LogP contribution in [0, 0.1) is 35.5 Å². The Balaban J connectivity index is 1.32. The third-order valence-corrected chi connectivity index (χ3v) is 12.0. The highest BCUT2D eigenvalue weighted by molar-refractivity contribution is 6.32. The van der Waals surface area contributed by atoms with Crippen LogP contribution in [0.2, 0.25) is 0 Å². The smallest absolute Gasteiger partial charge is 0.345 e. The molecular weight excluding hydrogens is 637 g/mol. The van der Waals surface area contributed by atoms with Gasteiger partial charge in [-0.2, -0.15) is 0 Å². The molecule has 4 aliphatic carbocycles. The Bertz CT molecular complexity index is 1450. The Morgan fingerprint density at radius 2 is 1.71 bits per heavy atom. The largest absolute Gasteiger partial charge is 0.450 e. The molecule has 1 aromatic rings. The maximum absolute atomic E-state index is 13.4. The second kappa shape index (κ2) is 13.0. The van der Waals surface area contributed by atoms with Gasteiger partial charge in [-0.05, 0) is 98.5 Å². The highest BCUT2D eigenvalue weighted by atomic mass is 35.5. The molecule has 0 aromatic heterocycles. The van der Waals surface area contributed by atoms with Crippen LogP contribution in [-0.4, -0.2) is 60.6 Å². The van der Waals surface area contributed by atoms with Crippen molar-refractivity contribution in [3.8, 4) is 0 Å². The van der Waals surface area contributed by atoms with Gasteiger partial charge in [-0.25, -0.2) is 9.59 Å². The number of fused-ring (bicyclic) bond motifs is 5. The fraction of sp³-hybridized carbons (Fsp3) is 0.600. The molecule has 0 N–H and O–H groups in total. The first kappa shape index (κ1) is 34.0. The van der Waals surface area contributed by atoms with Crippen molar-refractivity contribution < 1.29 is 28.7 Å². The van der Waals surface area contributed by atoms with Gasteiger partial charge in [0.15, 0.2) is 23.8 Å². The van der Waals surface area contributed by atoms with Crippen LogP contribution in [-0.2, 0) is 23.9 Å². The molecule has 0 heterocycles. The summed E-state index contributed by atoms with van der Waals surface area (Å²) in [5.74, 6) is -0.264. The van der Waals surface area contributed by atoms with Crippen molar-refractivity contribution >= 4 is 64.0 Å². The van der Waals surface area contributed by atoms with E-state index in [-0.39, 0.29) is 40.3 Å². The maximum atomic E-state index is 13.4. The molecule has 244 valence electrons. The minimum atomic E-state index is -1.33. The quantitative estimate of drug-likeness (QED) is 0.191. The lowest BCUT2D eigenvalue weighted by Gasteiger charge is -2.57. The molecule has 0 aliphatic heterocycles. The Kier molecular flexibility index (Phi) is 9.85. The Labute approximate surface area is 280 Å². The zero-order valence-electron chi connectivity index (χ0n) is 26.4. The molecule has 7 nitrogen and oxygen atoms in total. The predicted octanol–water partition coefficient (Wildman–Crippen LogP) is 7.18. The average Bonchev–Trinajstić information content (AvgIpc) is 3.30. The summed E-state index contributed by atoms with van der Waals surface area (Å²) >= 11 is 18.8. The van der Waals surface area contributed by atoms with Gasteiger partial charge in [-0.15, -0.1) is 23.2 Å². The Morgan fingerprint density at radius 1 is 1.02 bits per heavy atom. The van der Waals surface area contributed by atoms with Gasteiger partial charge in [0.05, 0.1) is 5.56 Å². The fourth-order valence-corrected chi connectivity index (χ4v) is 9.78. The lowest BCUT2D eigenvalue weighted by molar-refractivity contribution is -0.189. The van der Waals surface area contributed by atoms with Crippen LogP contribution in [0.1, 0.15) is 75.2 Å². The molecule has 45 heavy (non-hydrogen) atoms. The number of Topliss-reactive ketones (excluding diaryl/α,β-unsaturated/α-hetero) is 1. The number of alkyl halides is 2. The lowest BCUT2D eigenvalue weighted by Crippen LogP contribution is -2.58. The monoisotopic (exact) mass is 677 g/mol. The van der Waals surface area contributed by atoms with E-state index in [9.17, 15) is 19.2 Å². The molecule has 0 radical (unpaired) electrons. The van der Waals surface area contributed by atoms with Crippen LogP contribution in [0.15, 0.2) is 41.0 Å². The number of allylic oxidation sites excluding steroid dienone is 4. The maximum Gasteiger partial charge on any atom is 0.345 e. The molecule has 0 bridgehead atoms. The van der Waals surface area contributed by atoms with E-state index in [0.29, 0.717) is 55.6 Å². The lowest BCUT2D eigenvalue weighted by atomic mass is 9.48. The predicted molar refractivity (Wildman–Crippen MR) is 176 cm³/mol. The molecule has 1 aromatic carbocycles. The van der Waals surface area contributed by atoms with Gasteiger partial charge < -0.3 is 14.4 Å². The van der Waals surface area contributed by atoms with Crippen molar-refractivity contribution in [3.05, 3.63) is 52.1 Å². The number of halogens is 3. The number of esters is 2. The van der Waals surface area contributed by atoms with Gasteiger partial charge in [0.1, 0.15) is 0 Å². The summed E-state index contributed by atoms with van der Waals surface area (Å²) in [7, 11) is 0. The first-order chi connectivity index (χ1) is 21.3. The van der Waals surface area contributed by atoms with Crippen molar-refractivity contribution in [1.82, 2.24) is 0 Å². The molecule has 0 amide bonds.